The second-order valence-electron chi connectivity index (χ2n) is 5.35. The predicted octanol–water partition coefficient (Wildman–Crippen LogP) is 4.66. The van der Waals surface area contributed by atoms with Crippen LogP contribution in [-0.4, -0.2) is 13.2 Å². The van der Waals surface area contributed by atoms with Crippen molar-refractivity contribution in [2.75, 3.05) is 13.2 Å². The molecular formula is C14H30O. The fourth-order valence-corrected chi connectivity index (χ4v) is 1.58. The van der Waals surface area contributed by atoms with Crippen molar-refractivity contribution in [2.24, 2.45) is 11.3 Å². The van der Waals surface area contributed by atoms with Gasteiger partial charge < -0.3 is 4.74 Å². The van der Waals surface area contributed by atoms with Crippen LogP contribution < -0.4 is 0 Å². The minimum atomic E-state index is 0.490. The molecule has 15 heavy (non-hydrogen) atoms. The molecule has 0 heterocycles. The fraction of sp³-hybridized carbons (Fsp3) is 1.00. The van der Waals surface area contributed by atoms with E-state index in [4.69, 9.17) is 4.74 Å². The summed E-state index contributed by atoms with van der Waals surface area (Å²) in [6.07, 6.45) is 6.22. The molecule has 0 aromatic rings. The average Bonchev–Trinajstić information content (AvgIpc) is 2.22. The Kier molecular flexibility index (Phi) is 8.13. The van der Waals surface area contributed by atoms with Crippen LogP contribution >= 0.6 is 0 Å². The van der Waals surface area contributed by atoms with Gasteiger partial charge in [0.2, 0.25) is 0 Å². The summed E-state index contributed by atoms with van der Waals surface area (Å²) in [6.45, 7) is 13.5. The van der Waals surface area contributed by atoms with Gasteiger partial charge in [0.25, 0.3) is 0 Å². The zero-order valence-corrected chi connectivity index (χ0v) is 11.4. The topological polar surface area (TPSA) is 9.23 Å². The first-order valence-corrected chi connectivity index (χ1v) is 6.62. The third-order valence-corrected chi connectivity index (χ3v) is 3.81. The van der Waals surface area contributed by atoms with Gasteiger partial charge in [-0.15, -0.1) is 0 Å². The van der Waals surface area contributed by atoms with Crippen molar-refractivity contribution in [1.82, 2.24) is 0 Å². The smallest absolute Gasteiger partial charge is 0.0466 e. The lowest BCUT2D eigenvalue weighted by atomic mass is 9.76. The first-order chi connectivity index (χ1) is 7.04. The van der Waals surface area contributed by atoms with Gasteiger partial charge in [0, 0.05) is 13.2 Å². The molecule has 0 fully saturated rings. The number of unbranched alkanes of at least 4 members (excludes halogenated alkanes) is 1. The standard InChI is InChI=1S/C14H30O/c1-6-8-11-15-12-9-10-13(3)14(4,5)7-2/h13H,6-12H2,1-5H3. The molecule has 0 aromatic carbocycles. The van der Waals surface area contributed by atoms with Gasteiger partial charge in [0.1, 0.15) is 0 Å². The van der Waals surface area contributed by atoms with Gasteiger partial charge in [-0.1, -0.05) is 47.5 Å². The number of hydrogen-bond acceptors (Lipinski definition) is 1. The Balaban J connectivity index is 3.43. The van der Waals surface area contributed by atoms with Crippen LogP contribution in [0.15, 0.2) is 0 Å². The Hall–Kier alpha value is -0.0400. The minimum Gasteiger partial charge on any atom is -0.381 e. The van der Waals surface area contributed by atoms with Gasteiger partial charge in [-0.25, -0.2) is 0 Å². The second kappa shape index (κ2) is 8.15. The summed E-state index contributed by atoms with van der Waals surface area (Å²) in [6, 6.07) is 0. The molecule has 1 nitrogen and oxygen atoms in total. The van der Waals surface area contributed by atoms with Crippen molar-refractivity contribution < 1.29 is 4.74 Å². The molecule has 1 heteroatoms. The highest BCUT2D eigenvalue weighted by Crippen LogP contribution is 2.32. The largest absolute Gasteiger partial charge is 0.381 e. The highest BCUT2D eigenvalue weighted by molar-refractivity contribution is 4.73. The van der Waals surface area contributed by atoms with E-state index >= 15 is 0 Å². The molecule has 0 amide bonds. The normalized spacial score (nSPS) is 14.2. The quantitative estimate of drug-likeness (QED) is 0.507. The van der Waals surface area contributed by atoms with Crippen LogP contribution in [0.5, 0.6) is 0 Å². The molecule has 0 spiro atoms. The molecule has 1 atom stereocenters. The van der Waals surface area contributed by atoms with Gasteiger partial charge in [-0.2, -0.15) is 0 Å². The van der Waals surface area contributed by atoms with Crippen LogP contribution in [0, 0.1) is 11.3 Å². The molecular weight excluding hydrogens is 184 g/mol. The van der Waals surface area contributed by atoms with E-state index in [1.54, 1.807) is 0 Å². The monoisotopic (exact) mass is 214 g/mol. The Morgan fingerprint density at radius 2 is 1.67 bits per heavy atom. The number of hydrogen-bond donors (Lipinski definition) is 0. The Labute approximate surface area is 96.6 Å². The predicted molar refractivity (Wildman–Crippen MR) is 68.2 cm³/mol. The molecule has 0 aliphatic carbocycles. The van der Waals surface area contributed by atoms with E-state index in [9.17, 15) is 0 Å². The van der Waals surface area contributed by atoms with Gasteiger partial charge in [-0.3, -0.25) is 0 Å². The summed E-state index contributed by atoms with van der Waals surface area (Å²) < 4.78 is 5.57. The number of rotatable bonds is 9. The molecule has 0 aliphatic rings. The van der Waals surface area contributed by atoms with Crippen LogP contribution in [0.2, 0.25) is 0 Å². The van der Waals surface area contributed by atoms with Crippen LogP contribution in [-0.2, 0) is 4.74 Å². The molecule has 0 saturated heterocycles. The zero-order chi connectivity index (χ0) is 11.7. The molecule has 0 saturated carbocycles. The van der Waals surface area contributed by atoms with Crippen LogP contribution in [0.3, 0.4) is 0 Å². The van der Waals surface area contributed by atoms with Crippen molar-refractivity contribution in [2.45, 2.75) is 66.7 Å². The van der Waals surface area contributed by atoms with Gasteiger partial charge >= 0.3 is 0 Å². The third kappa shape index (κ3) is 6.94. The molecule has 0 aromatic heterocycles. The summed E-state index contributed by atoms with van der Waals surface area (Å²) >= 11 is 0. The van der Waals surface area contributed by atoms with Crippen molar-refractivity contribution in [1.29, 1.82) is 0 Å². The van der Waals surface area contributed by atoms with E-state index in [1.165, 1.54) is 32.1 Å². The Bertz CT molecular complexity index is 140. The molecule has 0 bridgehead atoms. The lowest BCUT2D eigenvalue weighted by Gasteiger charge is -2.30. The molecule has 0 aliphatic heterocycles. The maximum atomic E-state index is 5.57. The SMILES string of the molecule is CCCCOCCCC(C)C(C)(C)CC. The third-order valence-electron chi connectivity index (χ3n) is 3.81. The Morgan fingerprint density at radius 3 is 2.20 bits per heavy atom. The van der Waals surface area contributed by atoms with Gasteiger partial charge in [0.05, 0.1) is 0 Å². The molecule has 1 unspecified atom stereocenters. The van der Waals surface area contributed by atoms with Crippen LogP contribution in [0.25, 0.3) is 0 Å². The lowest BCUT2D eigenvalue weighted by molar-refractivity contribution is 0.114. The van der Waals surface area contributed by atoms with Crippen molar-refractivity contribution in [3.05, 3.63) is 0 Å². The lowest BCUT2D eigenvalue weighted by Crippen LogP contribution is -2.20. The molecule has 0 radical (unpaired) electrons. The van der Waals surface area contributed by atoms with Crippen molar-refractivity contribution in [3.8, 4) is 0 Å². The average molecular weight is 214 g/mol. The molecule has 0 N–H and O–H groups in total. The summed E-state index contributed by atoms with van der Waals surface area (Å²) in [4.78, 5) is 0. The first kappa shape index (κ1) is 15.0. The van der Waals surface area contributed by atoms with E-state index in [1.807, 2.05) is 0 Å². The molecule has 92 valence electrons. The van der Waals surface area contributed by atoms with Crippen LogP contribution in [0.1, 0.15) is 66.7 Å². The highest BCUT2D eigenvalue weighted by Gasteiger charge is 2.22. The van der Waals surface area contributed by atoms with E-state index in [-0.39, 0.29) is 0 Å². The van der Waals surface area contributed by atoms with Crippen molar-refractivity contribution in [3.63, 3.8) is 0 Å². The second-order valence-corrected chi connectivity index (χ2v) is 5.35. The van der Waals surface area contributed by atoms with E-state index in [0.717, 1.165) is 19.1 Å². The van der Waals surface area contributed by atoms with E-state index in [2.05, 4.69) is 34.6 Å². The van der Waals surface area contributed by atoms with Gasteiger partial charge in [-0.05, 0) is 30.6 Å². The number of ether oxygens (including phenoxy) is 1. The summed E-state index contributed by atoms with van der Waals surface area (Å²) in [7, 11) is 0. The maximum absolute atomic E-state index is 5.57. The zero-order valence-electron chi connectivity index (χ0n) is 11.4. The van der Waals surface area contributed by atoms with Gasteiger partial charge in [0.15, 0.2) is 0 Å². The van der Waals surface area contributed by atoms with Crippen LogP contribution in [0.4, 0.5) is 0 Å². The first-order valence-electron chi connectivity index (χ1n) is 6.62. The summed E-state index contributed by atoms with van der Waals surface area (Å²) in [5, 5.41) is 0. The minimum absolute atomic E-state index is 0.490. The van der Waals surface area contributed by atoms with Crippen molar-refractivity contribution >= 4 is 0 Å². The Morgan fingerprint density at radius 1 is 1.07 bits per heavy atom. The van der Waals surface area contributed by atoms with E-state index < -0.39 is 0 Å². The summed E-state index contributed by atoms with van der Waals surface area (Å²) in [5.41, 5.74) is 0.490. The molecule has 0 rings (SSSR count). The fourth-order valence-electron chi connectivity index (χ4n) is 1.58. The highest BCUT2D eigenvalue weighted by atomic mass is 16.5. The maximum Gasteiger partial charge on any atom is 0.0466 e. The van der Waals surface area contributed by atoms with E-state index in [0.29, 0.717) is 5.41 Å². The summed E-state index contributed by atoms with van der Waals surface area (Å²) in [5.74, 6) is 0.803.